The van der Waals surface area contributed by atoms with Crippen molar-refractivity contribution in [3.63, 3.8) is 0 Å². The van der Waals surface area contributed by atoms with Gasteiger partial charge in [-0.15, -0.1) is 0 Å². The maximum Gasteiger partial charge on any atom is 0.255 e. The molecule has 0 radical (unpaired) electrons. The van der Waals surface area contributed by atoms with Crippen LogP contribution in [-0.4, -0.2) is 26.9 Å². The highest BCUT2D eigenvalue weighted by atomic mass is 16.3. The Morgan fingerprint density at radius 2 is 2.08 bits per heavy atom. The van der Waals surface area contributed by atoms with E-state index in [4.69, 9.17) is 0 Å². The molecule has 0 saturated heterocycles. The maximum atomic E-state index is 12.9. The molecular formula is C19H23N3O2. The summed E-state index contributed by atoms with van der Waals surface area (Å²) in [5.74, 6) is 0.306. The highest BCUT2D eigenvalue weighted by Crippen LogP contribution is 2.42. The minimum atomic E-state index is -0.573. The molecule has 126 valence electrons. The lowest BCUT2D eigenvalue weighted by Crippen LogP contribution is -2.34. The van der Waals surface area contributed by atoms with Crippen molar-refractivity contribution in [2.24, 2.45) is 0 Å². The Labute approximate surface area is 141 Å². The average molecular weight is 325 g/mol. The molecular weight excluding hydrogens is 302 g/mol. The smallest absolute Gasteiger partial charge is 0.255 e. The van der Waals surface area contributed by atoms with E-state index in [0.29, 0.717) is 17.9 Å². The molecule has 0 bridgehead atoms. The first kappa shape index (κ1) is 15.4. The van der Waals surface area contributed by atoms with Crippen LogP contribution in [0.2, 0.25) is 0 Å². The standard InChI is InChI=1S/C19H23N3O2/c1-11(2)22-18(12-7-8-12)15(10-20-22)19(24)21-17-14-6-4-3-5-13(14)9-16(17)23/h3-6,10-12,16-17,23H,7-9H2,1-2H3,(H,21,24). The van der Waals surface area contributed by atoms with E-state index in [-0.39, 0.29) is 18.0 Å². The molecule has 2 atom stereocenters. The third kappa shape index (κ3) is 2.53. The van der Waals surface area contributed by atoms with Crippen LogP contribution in [0.1, 0.15) is 71.9 Å². The third-order valence-electron chi connectivity index (χ3n) is 5.02. The second kappa shape index (κ2) is 5.74. The number of amides is 1. The van der Waals surface area contributed by atoms with E-state index in [1.165, 1.54) is 0 Å². The fraction of sp³-hybridized carbons (Fsp3) is 0.474. The van der Waals surface area contributed by atoms with Gasteiger partial charge in [0.2, 0.25) is 0 Å². The molecule has 2 aliphatic rings. The molecule has 1 fully saturated rings. The molecule has 5 heteroatoms. The zero-order valence-electron chi connectivity index (χ0n) is 14.1. The number of aliphatic hydroxyl groups excluding tert-OH is 1. The number of nitrogens with zero attached hydrogens (tertiary/aromatic N) is 2. The number of aromatic nitrogens is 2. The van der Waals surface area contributed by atoms with Gasteiger partial charge in [0.25, 0.3) is 5.91 Å². The second-order valence-corrected chi connectivity index (χ2v) is 7.18. The Bertz CT molecular complexity index is 777. The van der Waals surface area contributed by atoms with E-state index in [0.717, 1.165) is 29.7 Å². The lowest BCUT2D eigenvalue weighted by Gasteiger charge is -2.18. The fourth-order valence-corrected chi connectivity index (χ4v) is 3.69. The van der Waals surface area contributed by atoms with Gasteiger partial charge < -0.3 is 10.4 Å². The lowest BCUT2D eigenvalue weighted by atomic mass is 10.1. The first-order valence-corrected chi connectivity index (χ1v) is 8.70. The van der Waals surface area contributed by atoms with Crippen LogP contribution in [-0.2, 0) is 6.42 Å². The molecule has 1 aromatic heterocycles. The van der Waals surface area contributed by atoms with Gasteiger partial charge in [-0.2, -0.15) is 5.10 Å². The molecule has 2 aliphatic carbocycles. The average Bonchev–Trinajstić information content (AvgIpc) is 3.21. The first-order valence-electron chi connectivity index (χ1n) is 8.70. The molecule has 1 heterocycles. The molecule has 1 aromatic carbocycles. The first-order chi connectivity index (χ1) is 11.6. The van der Waals surface area contributed by atoms with Crippen molar-refractivity contribution in [3.8, 4) is 0 Å². The van der Waals surface area contributed by atoms with Gasteiger partial charge in [0.05, 0.1) is 29.6 Å². The number of aliphatic hydroxyl groups is 1. The predicted molar refractivity (Wildman–Crippen MR) is 90.9 cm³/mol. The number of benzene rings is 1. The number of nitrogens with one attached hydrogen (secondary N) is 1. The molecule has 2 unspecified atom stereocenters. The fourth-order valence-electron chi connectivity index (χ4n) is 3.69. The number of carbonyl (C=O) groups is 1. The van der Waals surface area contributed by atoms with Crippen molar-refractivity contribution in [1.82, 2.24) is 15.1 Å². The van der Waals surface area contributed by atoms with Crippen LogP contribution in [0, 0.1) is 0 Å². The highest BCUT2D eigenvalue weighted by Gasteiger charge is 2.36. The molecule has 0 aliphatic heterocycles. The third-order valence-corrected chi connectivity index (χ3v) is 5.02. The Kier molecular flexibility index (Phi) is 3.68. The van der Waals surface area contributed by atoms with Gasteiger partial charge in [0.1, 0.15) is 0 Å². The van der Waals surface area contributed by atoms with Crippen LogP contribution in [0.15, 0.2) is 30.5 Å². The van der Waals surface area contributed by atoms with Crippen molar-refractivity contribution >= 4 is 5.91 Å². The van der Waals surface area contributed by atoms with Crippen molar-refractivity contribution in [1.29, 1.82) is 0 Å². The number of rotatable bonds is 4. The topological polar surface area (TPSA) is 67.2 Å². The van der Waals surface area contributed by atoms with Crippen LogP contribution in [0.25, 0.3) is 0 Å². The molecule has 1 saturated carbocycles. The Hall–Kier alpha value is -2.14. The maximum absolute atomic E-state index is 12.9. The van der Waals surface area contributed by atoms with Crippen molar-refractivity contribution in [2.45, 2.75) is 57.2 Å². The Balaban J connectivity index is 1.62. The molecule has 0 spiro atoms. The van der Waals surface area contributed by atoms with Gasteiger partial charge in [-0.25, -0.2) is 0 Å². The number of fused-ring (bicyclic) bond motifs is 1. The zero-order chi connectivity index (χ0) is 16.8. The largest absolute Gasteiger partial charge is 0.390 e. The van der Waals surface area contributed by atoms with Gasteiger partial charge in [-0.1, -0.05) is 24.3 Å². The number of carbonyl (C=O) groups excluding carboxylic acids is 1. The van der Waals surface area contributed by atoms with Crippen molar-refractivity contribution < 1.29 is 9.90 Å². The SMILES string of the molecule is CC(C)n1ncc(C(=O)NC2c3ccccc3CC2O)c1C1CC1. The second-order valence-electron chi connectivity index (χ2n) is 7.18. The van der Waals surface area contributed by atoms with Crippen LogP contribution in [0.4, 0.5) is 0 Å². The Morgan fingerprint density at radius 1 is 1.33 bits per heavy atom. The van der Waals surface area contributed by atoms with Gasteiger partial charge >= 0.3 is 0 Å². The van der Waals surface area contributed by atoms with Gasteiger partial charge in [0.15, 0.2) is 0 Å². The molecule has 2 N–H and O–H groups in total. The quantitative estimate of drug-likeness (QED) is 0.908. The van der Waals surface area contributed by atoms with Crippen LogP contribution in [0.5, 0.6) is 0 Å². The van der Waals surface area contributed by atoms with Crippen molar-refractivity contribution in [3.05, 3.63) is 52.8 Å². The Morgan fingerprint density at radius 3 is 2.79 bits per heavy atom. The molecule has 5 nitrogen and oxygen atoms in total. The summed E-state index contributed by atoms with van der Waals surface area (Å²) in [7, 11) is 0. The minimum absolute atomic E-state index is 0.135. The van der Waals surface area contributed by atoms with Gasteiger partial charge in [-0.05, 0) is 37.8 Å². The van der Waals surface area contributed by atoms with E-state index in [9.17, 15) is 9.90 Å². The van der Waals surface area contributed by atoms with E-state index < -0.39 is 6.10 Å². The number of hydrogen-bond acceptors (Lipinski definition) is 3. The molecule has 24 heavy (non-hydrogen) atoms. The summed E-state index contributed by atoms with van der Waals surface area (Å²) in [6.07, 6.45) is 3.93. The lowest BCUT2D eigenvalue weighted by molar-refractivity contribution is 0.0857. The summed E-state index contributed by atoms with van der Waals surface area (Å²) in [6.45, 7) is 4.16. The summed E-state index contributed by atoms with van der Waals surface area (Å²) in [6, 6.07) is 7.80. The summed E-state index contributed by atoms with van der Waals surface area (Å²) in [5, 5.41) is 17.8. The number of hydrogen-bond donors (Lipinski definition) is 2. The van der Waals surface area contributed by atoms with Crippen LogP contribution >= 0.6 is 0 Å². The van der Waals surface area contributed by atoms with E-state index in [1.807, 2.05) is 28.9 Å². The summed E-state index contributed by atoms with van der Waals surface area (Å²) in [5.41, 5.74) is 3.82. The van der Waals surface area contributed by atoms with E-state index in [2.05, 4.69) is 24.3 Å². The predicted octanol–water partition coefficient (Wildman–Crippen LogP) is 2.73. The molecule has 2 aromatic rings. The van der Waals surface area contributed by atoms with Crippen LogP contribution < -0.4 is 5.32 Å². The highest BCUT2D eigenvalue weighted by molar-refractivity contribution is 5.95. The van der Waals surface area contributed by atoms with E-state index in [1.54, 1.807) is 6.20 Å². The zero-order valence-corrected chi connectivity index (χ0v) is 14.1. The monoisotopic (exact) mass is 325 g/mol. The normalized spacial score (nSPS) is 22.7. The molecule has 4 rings (SSSR count). The van der Waals surface area contributed by atoms with Crippen LogP contribution in [0.3, 0.4) is 0 Å². The summed E-state index contributed by atoms with van der Waals surface area (Å²) in [4.78, 5) is 12.9. The van der Waals surface area contributed by atoms with Crippen molar-refractivity contribution in [2.75, 3.05) is 0 Å². The minimum Gasteiger partial charge on any atom is -0.390 e. The van der Waals surface area contributed by atoms with E-state index >= 15 is 0 Å². The van der Waals surface area contributed by atoms with Gasteiger partial charge in [0, 0.05) is 18.4 Å². The van der Waals surface area contributed by atoms with Gasteiger partial charge in [-0.3, -0.25) is 9.48 Å². The molecule has 1 amide bonds. The summed E-state index contributed by atoms with van der Waals surface area (Å²) >= 11 is 0. The summed E-state index contributed by atoms with van der Waals surface area (Å²) < 4.78 is 1.96.